The molecule has 1 radical (unpaired) electrons. The van der Waals surface area contributed by atoms with E-state index in [1.165, 1.54) is 47.0 Å². The second-order valence-electron chi connectivity index (χ2n) is 26.6. The van der Waals surface area contributed by atoms with Crippen LogP contribution < -0.4 is 0 Å². The third-order valence-electron chi connectivity index (χ3n) is 20.5. The first-order valence-electron chi connectivity index (χ1n) is 31.0. The van der Waals surface area contributed by atoms with Crippen LogP contribution in [0.25, 0.3) is 10.6 Å². The molecule has 12 aliphatic rings. The largest absolute Gasteiger partial charge is 2.00 e. The van der Waals surface area contributed by atoms with Gasteiger partial charge in [0.15, 0.2) is 24.4 Å². The van der Waals surface area contributed by atoms with Gasteiger partial charge in [-0.1, -0.05) is 64.2 Å². The zero-order chi connectivity index (χ0) is 71.8. The Hall–Kier alpha value is -2.08. The fourth-order valence-corrected chi connectivity index (χ4v) is 21.5. The summed E-state index contributed by atoms with van der Waals surface area (Å²) >= 11 is 5.76. The minimum absolute atomic E-state index is 0. The van der Waals surface area contributed by atoms with Crippen LogP contribution in [0.5, 0.6) is 0 Å². The summed E-state index contributed by atoms with van der Waals surface area (Å²) in [5.41, 5.74) is -4.63. The molecule has 0 spiro atoms. The molecule has 0 aromatic rings. The van der Waals surface area contributed by atoms with E-state index in [0.717, 1.165) is 110 Å². The number of rotatable bonds is 8. The van der Waals surface area contributed by atoms with Gasteiger partial charge in [0.05, 0.1) is 19.0 Å². The molecule has 2 saturated heterocycles. The van der Waals surface area contributed by atoms with Gasteiger partial charge in [-0.25, -0.2) is 0 Å². The number of halogens is 24. The van der Waals surface area contributed by atoms with Gasteiger partial charge in [0.1, 0.15) is 0 Å². The monoisotopic (exact) mass is 1550 g/mol. The number of hydrogen-bond donors (Lipinski definition) is 4. The van der Waals surface area contributed by atoms with Gasteiger partial charge in [0.2, 0.25) is 0 Å². The van der Waals surface area contributed by atoms with E-state index in [0.29, 0.717) is 26.2 Å². The first-order chi connectivity index (χ1) is 43.8. The van der Waals surface area contributed by atoms with Crippen LogP contribution in [0.4, 0.5) is 105 Å². The van der Waals surface area contributed by atoms with Gasteiger partial charge in [0, 0.05) is 35.1 Å². The van der Waals surface area contributed by atoms with E-state index in [9.17, 15) is 70.2 Å². The van der Waals surface area contributed by atoms with Gasteiger partial charge >= 0.3 is 77.3 Å². The molecule has 6 aliphatic heterocycles. The van der Waals surface area contributed by atoms with Gasteiger partial charge in [-0.15, -0.1) is 73.2 Å². The van der Waals surface area contributed by atoms with Crippen LogP contribution >= 0.6 is 47.0 Å². The number of fused-ring (bicyclic) bond motifs is 8. The Morgan fingerprint density at radius 2 is 0.536 bits per heavy atom. The molecule has 8 atom stereocenters. The van der Waals surface area contributed by atoms with E-state index >= 15 is 35.1 Å². The number of piperidine rings is 2. The molecule has 6 heterocycles. The van der Waals surface area contributed by atoms with E-state index in [1.54, 1.807) is 52.0 Å². The molecule has 35 heteroatoms. The van der Waals surface area contributed by atoms with Crippen molar-refractivity contribution in [3.63, 3.8) is 0 Å². The molecule has 12 rings (SSSR count). The zero-order valence-corrected chi connectivity index (χ0v) is 56.0. The predicted molar refractivity (Wildman–Crippen MR) is 316 cm³/mol. The number of hydrogen-bond acceptors (Lipinski definition) is 8. The maximum atomic E-state index is 15.4. The molecule has 0 amide bonds. The number of nitrogens with zero attached hydrogens (tertiary/aromatic N) is 2. The van der Waals surface area contributed by atoms with E-state index in [1.807, 2.05) is 0 Å². The van der Waals surface area contributed by atoms with Crippen molar-refractivity contribution in [1.82, 2.24) is 0 Å². The van der Waals surface area contributed by atoms with Crippen LogP contribution in [-0.2, 0) is 17.1 Å². The molecule has 6 nitrogen and oxygen atoms in total. The topological polar surface area (TPSA) is 109 Å². The molecule has 4 saturated carbocycles. The average Bonchev–Trinajstić information content (AvgIpc) is 1.50. The molecule has 97 heavy (non-hydrogen) atoms. The molecule has 6 fully saturated rings. The average molecular weight is 1550 g/mol. The van der Waals surface area contributed by atoms with E-state index in [2.05, 4.69) is 10.6 Å². The second kappa shape index (κ2) is 27.4. The van der Waals surface area contributed by atoms with E-state index in [-0.39, 0.29) is 63.0 Å². The van der Waals surface area contributed by atoms with E-state index < -0.39 is 139 Å². The quantitative estimate of drug-likeness (QED) is 0.141. The molecular weight excluding hydrogens is 1480 g/mol. The second-order valence-corrected chi connectivity index (χ2v) is 32.6. The molecule has 0 bridgehead atoms. The molecule has 6 aliphatic carbocycles. The van der Waals surface area contributed by atoms with Gasteiger partial charge in [-0.05, 0) is 143 Å². The first-order valence-corrected chi connectivity index (χ1v) is 34.3. The number of alkyl halides is 24. The SMILES string of the molecule is CC12SC(C3CCCCC3)=CC1=C1C(=C3C=C(C4CC[N-]CC4)SC32C)C(F)(F)C(F)(F)C1(F)F.CC12SC(C3CCCCC3)=CC1=C1C(=C3C=C(C4CC[N-]CC4)SC32C)C(F)(F)C(F)(F)C1(F)F.OC(CC(O)C(F)(F)F)C(F)(F)F.OC(CC(O)C(F)(F)F)C(F)(F)F.[Cu+2]. The summed E-state index contributed by atoms with van der Waals surface area (Å²) in [4.78, 5) is 3.45. The Morgan fingerprint density at radius 3 is 0.722 bits per heavy atom. The number of aliphatic hydroxyl groups excluding tert-OH is 4. The summed E-state index contributed by atoms with van der Waals surface area (Å²) < 4.78 is 316. The Balaban J connectivity index is 0.000000182. The van der Waals surface area contributed by atoms with Crippen molar-refractivity contribution < 1.29 is 143 Å². The van der Waals surface area contributed by atoms with Gasteiger partial charge in [-0.3, -0.25) is 0 Å². The van der Waals surface area contributed by atoms with Crippen LogP contribution in [0.15, 0.2) is 88.5 Å². The van der Waals surface area contributed by atoms with E-state index in [4.69, 9.17) is 20.4 Å². The third kappa shape index (κ3) is 13.8. The van der Waals surface area contributed by atoms with Crippen molar-refractivity contribution in [1.29, 1.82) is 0 Å². The third-order valence-corrected chi connectivity index (χ3v) is 27.6. The standard InChI is InChI=1S/2C26H28F6NS2.2C5H6F6O2.Cu/c2*1-22-16(12-18(34-22)14-6-4-3-5-7-14)20-21(25(29,30)26(31,32)24(20,27)28)17-13-19(35-23(17,22)2)15-8-10-33-11-9-15;2*6-4(7,8)2(12)1-3(13)5(9,10)11;/h2*12-15H,3-11H2,1-2H3;2*2-3,12-13H,1H2;/q2*-1;;;+2. The van der Waals surface area contributed by atoms with Gasteiger partial charge < -0.3 is 31.1 Å². The maximum absolute atomic E-state index is 15.4. The van der Waals surface area contributed by atoms with Crippen molar-refractivity contribution in [2.24, 2.45) is 23.7 Å². The summed E-state index contributed by atoms with van der Waals surface area (Å²) in [6.45, 7) is 9.82. The number of allylic oxidation sites excluding steroid dienone is 12. The summed E-state index contributed by atoms with van der Waals surface area (Å²) in [6, 6.07) is 0. The fourth-order valence-electron chi connectivity index (χ4n) is 14.5. The Kier molecular flexibility index (Phi) is 22.8. The van der Waals surface area contributed by atoms with Crippen molar-refractivity contribution >= 4 is 47.0 Å². The Bertz CT molecular complexity index is 2830. The molecule has 4 N–H and O–H groups in total. The predicted octanol–water partition coefficient (Wildman–Crippen LogP) is 19.8. The van der Waals surface area contributed by atoms with Crippen LogP contribution in [-0.4, -0.2) is 150 Å². The molecular formula is C62H68CuF24N2O4S4. The maximum Gasteiger partial charge on any atom is 2.00 e. The molecule has 0 aromatic carbocycles. The smallest absolute Gasteiger partial charge is 0.662 e. The first kappa shape index (κ1) is 80.6. The molecule has 0 aromatic heterocycles. The Morgan fingerprint density at radius 1 is 0.351 bits per heavy atom. The zero-order valence-electron chi connectivity index (χ0n) is 51.8. The van der Waals surface area contributed by atoms with Crippen molar-refractivity contribution in [2.45, 2.75) is 234 Å². The van der Waals surface area contributed by atoms with Gasteiger partial charge in [0.25, 0.3) is 0 Å². The van der Waals surface area contributed by atoms with Crippen molar-refractivity contribution in [2.75, 3.05) is 26.2 Å². The van der Waals surface area contributed by atoms with Crippen LogP contribution in [0.2, 0.25) is 0 Å². The summed E-state index contributed by atoms with van der Waals surface area (Å²) in [5.74, 6) is -30.3. The van der Waals surface area contributed by atoms with Gasteiger partial charge in [-0.2, -0.15) is 105 Å². The summed E-state index contributed by atoms with van der Waals surface area (Å²) in [6.07, 6.45) is -17.6. The number of aliphatic hydroxyl groups is 4. The van der Waals surface area contributed by atoms with Crippen LogP contribution in [0.1, 0.15) is 130 Å². The minimum Gasteiger partial charge on any atom is -0.662 e. The van der Waals surface area contributed by atoms with Crippen molar-refractivity contribution in [3.05, 3.63) is 99.1 Å². The van der Waals surface area contributed by atoms with Crippen molar-refractivity contribution in [3.8, 4) is 0 Å². The molecule has 8 unspecified atom stereocenters. The summed E-state index contributed by atoms with van der Waals surface area (Å²) in [7, 11) is 0. The number of thioether (sulfide) groups is 4. The normalized spacial score (nSPS) is 32.6. The molecule has 553 valence electrons. The fraction of sp³-hybridized carbons (Fsp3) is 0.742. The summed E-state index contributed by atoms with van der Waals surface area (Å²) in [5, 5.41) is 41.3. The van der Waals surface area contributed by atoms with Crippen LogP contribution in [0.3, 0.4) is 0 Å². The minimum atomic E-state index is -5.48. The van der Waals surface area contributed by atoms with Crippen LogP contribution in [0, 0.1) is 23.7 Å². The Labute approximate surface area is 570 Å².